The number of rotatable bonds is 5. The Kier molecular flexibility index (Phi) is 4.89. The van der Waals surface area contributed by atoms with E-state index in [1.165, 1.54) is 12.1 Å². The molecule has 0 heterocycles. The van der Waals surface area contributed by atoms with Gasteiger partial charge in [0, 0.05) is 17.6 Å². The molecule has 19 heavy (non-hydrogen) atoms. The molecule has 0 unspecified atom stereocenters. The fraction of sp³-hybridized carbons (Fsp3) is 0.500. The lowest BCUT2D eigenvalue weighted by Gasteiger charge is -2.35. The maximum Gasteiger partial charge on any atom is 0.170 e. The van der Waals surface area contributed by atoms with E-state index in [0.717, 1.165) is 12.0 Å². The van der Waals surface area contributed by atoms with Crippen LogP contribution in [0.25, 0.3) is 0 Å². The van der Waals surface area contributed by atoms with E-state index in [0.29, 0.717) is 12.1 Å². The zero-order valence-electron chi connectivity index (χ0n) is 11.9. The average molecular weight is 267 g/mol. The van der Waals surface area contributed by atoms with Gasteiger partial charge >= 0.3 is 0 Å². The van der Waals surface area contributed by atoms with Crippen molar-refractivity contribution < 1.29 is 9.60 Å². The van der Waals surface area contributed by atoms with Crippen LogP contribution in [0.2, 0.25) is 0 Å². The quantitative estimate of drug-likeness (QED) is 0.373. The molecule has 1 aromatic carbocycles. The number of nitrogens with zero attached hydrogens (tertiary/aromatic N) is 2. The van der Waals surface area contributed by atoms with Gasteiger partial charge in [0.05, 0.1) is 0 Å². The zero-order chi connectivity index (χ0) is 14.6. The van der Waals surface area contributed by atoms with Crippen molar-refractivity contribution >= 4 is 5.84 Å². The summed E-state index contributed by atoms with van der Waals surface area (Å²) in [7, 11) is 2.00. The Hall–Kier alpha value is -1.62. The van der Waals surface area contributed by atoms with E-state index in [2.05, 4.69) is 30.8 Å². The third kappa shape index (κ3) is 3.67. The van der Waals surface area contributed by atoms with Gasteiger partial charge in [-0.25, -0.2) is 4.39 Å². The molecule has 1 rings (SSSR count). The van der Waals surface area contributed by atoms with Gasteiger partial charge in [-0.1, -0.05) is 18.1 Å². The average Bonchev–Trinajstić information content (AvgIpc) is 2.39. The highest BCUT2D eigenvalue weighted by atomic mass is 19.1. The molecule has 0 saturated heterocycles. The molecule has 0 bridgehead atoms. The van der Waals surface area contributed by atoms with Gasteiger partial charge in [-0.05, 0) is 45.0 Å². The minimum Gasteiger partial charge on any atom is -0.409 e. The molecule has 0 atom stereocenters. The molecule has 0 radical (unpaired) electrons. The minimum atomic E-state index is -0.400. The van der Waals surface area contributed by atoms with Crippen LogP contribution in [-0.2, 0) is 6.54 Å². The Morgan fingerprint density at radius 2 is 2.11 bits per heavy atom. The van der Waals surface area contributed by atoms with E-state index in [4.69, 9.17) is 10.9 Å². The second kappa shape index (κ2) is 6.02. The number of hydrogen-bond donors (Lipinski definition) is 2. The summed E-state index contributed by atoms with van der Waals surface area (Å²) in [5.41, 5.74) is 6.89. The van der Waals surface area contributed by atoms with Crippen molar-refractivity contribution in [3.8, 4) is 0 Å². The molecule has 0 aliphatic heterocycles. The van der Waals surface area contributed by atoms with Crippen LogP contribution in [0, 0.1) is 5.82 Å². The molecule has 5 heteroatoms. The van der Waals surface area contributed by atoms with Crippen LogP contribution in [0.1, 0.15) is 38.3 Å². The van der Waals surface area contributed by atoms with Crippen LogP contribution >= 0.6 is 0 Å². The van der Waals surface area contributed by atoms with Gasteiger partial charge < -0.3 is 10.9 Å². The van der Waals surface area contributed by atoms with Crippen LogP contribution in [-0.4, -0.2) is 28.5 Å². The number of halogens is 1. The SMILES string of the molecule is CCC(C)(C)N(C)Cc1ccc(F)cc1C(N)=NO. The van der Waals surface area contributed by atoms with Gasteiger partial charge in [0.1, 0.15) is 5.82 Å². The van der Waals surface area contributed by atoms with Crippen LogP contribution < -0.4 is 5.73 Å². The van der Waals surface area contributed by atoms with Gasteiger partial charge in [0.2, 0.25) is 0 Å². The Balaban J connectivity index is 3.08. The van der Waals surface area contributed by atoms with Gasteiger partial charge in [-0.3, -0.25) is 4.90 Å². The van der Waals surface area contributed by atoms with Crippen LogP contribution in [0.5, 0.6) is 0 Å². The summed E-state index contributed by atoms with van der Waals surface area (Å²) in [5.74, 6) is -0.472. The fourth-order valence-electron chi connectivity index (χ4n) is 1.72. The van der Waals surface area contributed by atoms with E-state index in [-0.39, 0.29) is 11.4 Å². The normalized spacial score (nSPS) is 13.1. The summed E-state index contributed by atoms with van der Waals surface area (Å²) in [5, 5.41) is 11.7. The maximum absolute atomic E-state index is 13.3. The summed E-state index contributed by atoms with van der Waals surface area (Å²) >= 11 is 0. The summed E-state index contributed by atoms with van der Waals surface area (Å²) in [6.45, 7) is 7.00. The molecule has 3 N–H and O–H groups in total. The van der Waals surface area contributed by atoms with Crippen LogP contribution in [0.3, 0.4) is 0 Å². The van der Waals surface area contributed by atoms with Crippen molar-refractivity contribution in [2.45, 2.75) is 39.3 Å². The molecular formula is C14H22FN3O. The van der Waals surface area contributed by atoms with Crippen LogP contribution in [0.15, 0.2) is 23.4 Å². The Morgan fingerprint density at radius 1 is 1.47 bits per heavy atom. The highest BCUT2D eigenvalue weighted by molar-refractivity contribution is 5.98. The standard InChI is InChI=1S/C14H22FN3O/c1-5-14(2,3)18(4)9-10-6-7-11(15)8-12(10)13(16)17-19/h6-8,19H,5,9H2,1-4H3,(H2,16,17). The van der Waals surface area contributed by atoms with Crippen LogP contribution in [0.4, 0.5) is 4.39 Å². The Labute approximate surface area is 113 Å². The Morgan fingerprint density at radius 3 is 2.63 bits per heavy atom. The van der Waals surface area contributed by atoms with E-state index in [1.54, 1.807) is 6.07 Å². The molecule has 0 aliphatic carbocycles. The maximum atomic E-state index is 13.3. The minimum absolute atomic E-state index is 0.0246. The third-order valence-electron chi connectivity index (χ3n) is 3.76. The molecule has 0 aromatic heterocycles. The van der Waals surface area contributed by atoms with Gasteiger partial charge in [-0.15, -0.1) is 0 Å². The summed E-state index contributed by atoms with van der Waals surface area (Å²) in [4.78, 5) is 2.16. The summed E-state index contributed by atoms with van der Waals surface area (Å²) < 4.78 is 13.3. The van der Waals surface area contributed by atoms with Gasteiger partial charge in [-0.2, -0.15) is 0 Å². The molecule has 4 nitrogen and oxygen atoms in total. The predicted molar refractivity (Wildman–Crippen MR) is 74.7 cm³/mol. The van der Waals surface area contributed by atoms with Crippen molar-refractivity contribution in [2.24, 2.45) is 10.9 Å². The first-order chi connectivity index (χ1) is 8.81. The number of oxime groups is 1. The van der Waals surface area contributed by atoms with Crippen molar-refractivity contribution in [1.82, 2.24) is 4.90 Å². The highest BCUT2D eigenvalue weighted by Gasteiger charge is 2.22. The lowest BCUT2D eigenvalue weighted by Crippen LogP contribution is -2.40. The third-order valence-corrected chi connectivity index (χ3v) is 3.76. The van der Waals surface area contributed by atoms with Crippen molar-refractivity contribution in [1.29, 1.82) is 0 Å². The number of amidine groups is 1. The van der Waals surface area contributed by atoms with Gasteiger partial charge in [0.25, 0.3) is 0 Å². The molecular weight excluding hydrogens is 245 g/mol. The number of benzene rings is 1. The first kappa shape index (κ1) is 15.4. The zero-order valence-corrected chi connectivity index (χ0v) is 11.9. The molecule has 1 aromatic rings. The second-order valence-corrected chi connectivity index (χ2v) is 5.31. The van der Waals surface area contributed by atoms with Gasteiger partial charge in [0.15, 0.2) is 5.84 Å². The molecule has 0 saturated carbocycles. The van der Waals surface area contributed by atoms with Crippen molar-refractivity contribution in [3.63, 3.8) is 0 Å². The fourth-order valence-corrected chi connectivity index (χ4v) is 1.72. The first-order valence-electron chi connectivity index (χ1n) is 6.29. The second-order valence-electron chi connectivity index (χ2n) is 5.31. The summed E-state index contributed by atoms with van der Waals surface area (Å²) in [6, 6.07) is 4.35. The van der Waals surface area contributed by atoms with E-state index in [9.17, 15) is 4.39 Å². The smallest absolute Gasteiger partial charge is 0.170 e. The highest BCUT2D eigenvalue weighted by Crippen LogP contribution is 2.21. The van der Waals surface area contributed by atoms with Crippen molar-refractivity contribution in [3.05, 3.63) is 35.1 Å². The van der Waals surface area contributed by atoms with E-state index < -0.39 is 5.82 Å². The molecule has 106 valence electrons. The van der Waals surface area contributed by atoms with E-state index >= 15 is 0 Å². The predicted octanol–water partition coefficient (Wildman–Crippen LogP) is 2.54. The van der Waals surface area contributed by atoms with E-state index in [1.807, 2.05) is 7.05 Å². The first-order valence-corrected chi connectivity index (χ1v) is 6.29. The molecule has 0 fully saturated rings. The van der Waals surface area contributed by atoms with Crippen molar-refractivity contribution in [2.75, 3.05) is 7.05 Å². The lowest BCUT2D eigenvalue weighted by atomic mass is 9.98. The molecule has 0 spiro atoms. The number of hydrogen-bond acceptors (Lipinski definition) is 3. The summed E-state index contributed by atoms with van der Waals surface area (Å²) in [6.07, 6.45) is 0.990. The number of nitrogens with two attached hydrogens (primary N) is 1. The largest absolute Gasteiger partial charge is 0.409 e. The molecule has 0 aliphatic rings. The topological polar surface area (TPSA) is 61.8 Å². The lowest BCUT2D eigenvalue weighted by molar-refractivity contribution is 0.143. The molecule has 0 amide bonds. The Bertz CT molecular complexity index is 472. The monoisotopic (exact) mass is 267 g/mol.